The molecule has 0 fully saturated rings. The zero-order valence-electron chi connectivity index (χ0n) is 9.79. The molecular weight excluding hydrogens is 291 g/mol. The molecule has 0 spiro atoms. The Bertz CT molecular complexity index is 600. The molecule has 2 rings (SSSR count). The first-order valence-electron chi connectivity index (χ1n) is 5.53. The second kappa shape index (κ2) is 5.99. The molecule has 19 heavy (non-hydrogen) atoms. The van der Waals surface area contributed by atoms with Crippen LogP contribution >= 0.6 is 23.2 Å². The molecular formula is C11H10Cl2N4O2. The van der Waals surface area contributed by atoms with Gasteiger partial charge in [0.05, 0.1) is 27.5 Å². The van der Waals surface area contributed by atoms with Crippen molar-refractivity contribution in [2.24, 2.45) is 0 Å². The lowest BCUT2D eigenvalue weighted by atomic mass is 10.2. The standard InChI is InChI=1S/C11H10Cl2N4O2/c12-5-1-2-8-7-16(15-14-8)11-6-9(17(18)19)3-4-10(11)13/h3-4,6-7H,1-2,5H2. The van der Waals surface area contributed by atoms with Crippen LogP contribution in [0.3, 0.4) is 0 Å². The number of benzene rings is 1. The molecule has 2 aromatic rings. The van der Waals surface area contributed by atoms with Gasteiger partial charge >= 0.3 is 0 Å². The molecule has 0 atom stereocenters. The number of aryl methyl sites for hydroxylation is 1. The molecule has 1 aromatic heterocycles. The van der Waals surface area contributed by atoms with Crippen LogP contribution in [0.2, 0.25) is 5.02 Å². The predicted octanol–water partition coefficient (Wildman–Crippen LogP) is 3.00. The minimum absolute atomic E-state index is 0.0443. The number of hydrogen-bond acceptors (Lipinski definition) is 4. The Hall–Kier alpha value is -1.66. The lowest BCUT2D eigenvalue weighted by molar-refractivity contribution is -0.384. The highest BCUT2D eigenvalue weighted by Gasteiger charge is 2.12. The Balaban J connectivity index is 2.32. The zero-order valence-corrected chi connectivity index (χ0v) is 11.3. The fraction of sp³-hybridized carbons (Fsp3) is 0.273. The molecule has 8 heteroatoms. The van der Waals surface area contributed by atoms with E-state index in [0.29, 0.717) is 23.0 Å². The maximum absolute atomic E-state index is 10.7. The number of non-ortho nitro benzene ring substituents is 1. The van der Waals surface area contributed by atoms with E-state index in [0.717, 1.165) is 12.1 Å². The summed E-state index contributed by atoms with van der Waals surface area (Å²) < 4.78 is 1.43. The third-order valence-corrected chi connectivity index (χ3v) is 3.08. The number of alkyl halides is 1. The van der Waals surface area contributed by atoms with Gasteiger partial charge in [0, 0.05) is 18.0 Å². The molecule has 0 bridgehead atoms. The monoisotopic (exact) mass is 300 g/mol. The van der Waals surface area contributed by atoms with Crippen molar-refractivity contribution in [1.29, 1.82) is 0 Å². The van der Waals surface area contributed by atoms with Gasteiger partial charge in [-0.05, 0) is 18.9 Å². The van der Waals surface area contributed by atoms with Crippen molar-refractivity contribution in [2.75, 3.05) is 5.88 Å². The molecule has 1 aromatic carbocycles. The summed E-state index contributed by atoms with van der Waals surface area (Å²) in [6.45, 7) is 0. The largest absolute Gasteiger partial charge is 0.271 e. The fourth-order valence-corrected chi connectivity index (χ4v) is 1.91. The first-order chi connectivity index (χ1) is 9.11. The molecule has 0 radical (unpaired) electrons. The number of halogens is 2. The normalized spacial score (nSPS) is 10.6. The van der Waals surface area contributed by atoms with E-state index in [1.165, 1.54) is 22.9 Å². The van der Waals surface area contributed by atoms with Crippen molar-refractivity contribution in [3.8, 4) is 5.69 Å². The van der Waals surface area contributed by atoms with Crippen LogP contribution in [-0.2, 0) is 6.42 Å². The molecule has 6 nitrogen and oxygen atoms in total. The maximum Gasteiger partial charge on any atom is 0.271 e. The van der Waals surface area contributed by atoms with Crippen molar-refractivity contribution in [2.45, 2.75) is 12.8 Å². The van der Waals surface area contributed by atoms with Gasteiger partial charge in [-0.1, -0.05) is 16.8 Å². The highest BCUT2D eigenvalue weighted by molar-refractivity contribution is 6.32. The second-order valence-electron chi connectivity index (χ2n) is 3.84. The van der Waals surface area contributed by atoms with Gasteiger partial charge in [-0.15, -0.1) is 16.7 Å². The number of rotatable bonds is 5. The van der Waals surface area contributed by atoms with E-state index >= 15 is 0 Å². The van der Waals surface area contributed by atoms with Crippen molar-refractivity contribution in [3.63, 3.8) is 0 Å². The molecule has 0 aliphatic carbocycles. The van der Waals surface area contributed by atoms with Gasteiger partial charge in [-0.3, -0.25) is 10.1 Å². The Labute approximate surface area is 119 Å². The Morgan fingerprint density at radius 2 is 2.21 bits per heavy atom. The van der Waals surface area contributed by atoms with Gasteiger partial charge < -0.3 is 0 Å². The third kappa shape index (κ3) is 3.21. The van der Waals surface area contributed by atoms with Crippen LogP contribution < -0.4 is 0 Å². The molecule has 0 amide bonds. The molecule has 0 N–H and O–H groups in total. The van der Waals surface area contributed by atoms with Crippen LogP contribution in [0.1, 0.15) is 12.1 Å². The Morgan fingerprint density at radius 1 is 1.42 bits per heavy atom. The average molecular weight is 301 g/mol. The highest BCUT2D eigenvalue weighted by atomic mass is 35.5. The zero-order chi connectivity index (χ0) is 13.8. The lowest BCUT2D eigenvalue weighted by Gasteiger charge is -2.02. The van der Waals surface area contributed by atoms with E-state index in [9.17, 15) is 10.1 Å². The van der Waals surface area contributed by atoms with Crippen LogP contribution in [0, 0.1) is 10.1 Å². The summed E-state index contributed by atoms with van der Waals surface area (Å²) in [5, 5.41) is 19.0. The van der Waals surface area contributed by atoms with E-state index in [2.05, 4.69) is 10.3 Å². The molecule has 1 heterocycles. The van der Waals surface area contributed by atoms with Crippen LogP contribution in [-0.4, -0.2) is 25.8 Å². The molecule has 0 unspecified atom stereocenters. The number of hydrogen-bond donors (Lipinski definition) is 0. The first kappa shape index (κ1) is 13.8. The van der Waals surface area contributed by atoms with Crippen molar-refractivity contribution in [1.82, 2.24) is 15.0 Å². The number of nitro groups is 1. The average Bonchev–Trinajstić information content (AvgIpc) is 2.85. The maximum atomic E-state index is 10.7. The van der Waals surface area contributed by atoms with E-state index in [1.54, 1.807) is 6.20 Å². The van der Waals surface area contributed by atoms with Crippen molar-refractivity contribution < 1.29 is 4.92 Å². The summed E-state index contributed by atoms with van der Waals surface area (Å²) in [6, 6.07) is 4.18. The van der Waals surface area contributed by atoms with Crippen LogP contribution in [0.25, 0.3) is 5.69 Å². The number of aromatic nitrogens is 3. The van der Waals surface area contributed by atoms with Gasteiger partial charge in [0.15, 0.2) is 0 Å². The summed E-state index contributed by atoms with van der Waals surface area (Å²) in [4.78, 5) is 10.3. The van der Waals surface area contributed by atoms with E-state index in [4.69, 9.17) is 23.2 Å². The van der Waals surface area contributed by atoms with E-state index < -0.39 is 4.92 Å². The predicted molar refractivity (Wildman–Crippen MR) is 72.1 cm³/mol. The van der Waals surface area contributed by atoms with Crippen molar-refractivity contribution >= 4 is 28.9 Å². The Kier molecular flexibility index (Phi) is 4.34. The summed E-state index contributed by atoms with van der Waals surface area (Å²) in [5.41, 5.74) is 1.15. The Morgan fingerprint density at radius 3 is 2.89 bits per heavy atom. The lowest BCUT2D eigenvalue weighted by Crippen LogP contribution is -1.98. The van der Waals surface area contributed by atoms with Gasteiger partial charge in [0.1, 0.15) is 0 Å². The summed E-state index contributed by atoms with van der Waals surface area (Å²) in [7, 11) is 0. The molecule has 0 aliphatic heterocycles. The summed E-state index contributed by atoms with van der Waals surface area (Å²) in [6.07, 6.45) is 3.19. The topological polar surface area (TPSA) is 73.8 Å². The van der Waals surface area contributed by atoms with Gasteiger partial charge in [0.2, 0.25) is 0 Å². The summed E-state index contributed by atoms with van der Waals surface area (Å²) >= 11 is 11.6. The van der Waals surface area contributed by atoms with E-state index in [-0.39, 0.29) is 5.69 Å². The van der Waals surface area contributed by atoms with Gasteiger partial charge in [-0.25, -0.2) is 4.68 Å². The minimum Gasteiger partial charge on any atom is -0.258 e. The number of nitro benzene ring substituents is 1. The highest BCUT2D eigenvalue weighted by Crippen LogP contribution is 2.25. The van der Waals surface area contributed by atoms with Gasteiger partial charge in [0.25, 0.3) is 5.69 Å². The molecule has 100 valence electrons. The minimum atomic E-state index is -0.481. The van der Waals surface area contributed by atoms with Crippen molar-refractivity contribution in [3.05, 3.63) is 45.2 Å². The molecule has 0 saturated heterocycles. The fourth-order valence-electron chi connectivity index (χ4n) is 1.57. The van der Waals surface area contributed by atoms with Gasteiger partial charge in [-0.2, -0.15) is 0 Å². The smallest absolute Gasteiger partial charge is 0.258 e. The first-order valence-corrected chi connectivity index (χ1v) is 6.44. The second-order valence-corrected chi connectivity index (χ2v) is 4.62. The SMILES string of the molecule is O=[N+]([O-])c1ccc(Cl)c(-n2cc(CCCCl)nn2)c1. The van der Waals surface area contributed by atoms with Crippen LogP contribution in [0.5, 0.6) is 0 Å². The third-order valence-electron chi connectivity index (χ3n) is 2.49. The van der Waals surface area contributed by atoms with E-state index in [1.807, 2.05) is 0 Å². The summed E-state index contributed by atoms with van der Waals surface area (Å²) in [5.74, 6) is 0.546. The van der Waals surface area contributed by atoms with Crippen LogP contribution in [0.4, 0.5) is 5.69 Å². The molecule has 0 aliphatic rings. The number of nitrogens with zero attached hydrogens (tertiary/aromatic N) is 4. The quantitative estimate of drug-likeness (QED) is 0.483. The van der Waals surface area contributed by atoms with Crippen LogP contribution in [0.15, 0.2) is 24.4 Å². The molecule has 0 saturated carbocycles.